The molecule has 0 amide bonds. The van der Waals surface area contributed by atoms with Gasteiger partial charge in [0, 0.05) is 13.6 Å². The van der Waals surface area contributed by atoms with Crippen LogP contribution in [-0.4, -0.2) is 37.4 Å². The lowest BCUT2D eigenvalue weighted by Gasteiger charge is -2.36. The van der Waals surface area contributed by atoms with E-state index in [0.29, 0.717) is 25.1 Å². The van der Waals surface area contributed by atoms with Gasteiger partial charge < -0.3 is 15.3 Å². The smallest absolute Gasteiger partial charge is 0.146 e. The minimum atomic E-state index is -0.706. The van der Waals surface area contributed by atoms with Crippen molar-refractivity contribution < 1.29 is 9.50 Å². The summed E-state index contributed by atoms with van der Waals surface area (Å²) < 4.78 is 13.6. The quantitative estimate of drug-likeness (QED) is 0.835. The lowest BCUT2D eigenvalue weighted by Crippen LogP contribution is -2.49. The predicted octanol–water partition coefficient (Wildman–Crippen LogP) is 1.38. The van der Waals surface area contributed by atoms with Crippen molar-refractivity contribution in [3.05, 3.63) is 30.1 Å². The van der Waals surface area contributed by atoms with Crippen molar-refractivity contribution in [2.75, 3.05) is 31.6 Å². The highest BCUT2D eigenvalue weighted by molar-refractivity contribution is 5.47. The molecule has 0 aromatic heterocycles. The van der Waals surface area contributed by atoms with E-state index in [4.69, 9.17) is 0 Å². The van der Waals surface area contributed by atoms with Crippen molar-refractivity contribution in [2.24, 2.45) is 0 Å². The second kappa shape index (κ2) is 5.02. The third-order valence-electron chi connectivity index (χ3n) is 3.33. The zero-order valence-corrected chi connectivity index (χ0v) is 10.1. The van der Waals surface area contributed by atoms with Crippen LogP contribution in [0.5, 0.6) is 0 Å². The molecule has 0 aliphatic carbocycles. The maximum atomic E-state index is 13.6. The van der Waals surface area contributed by atoms with Crippen LogP contribution in [0.25, 0.3) is 0 Å². The van der Waals surface area contributed by atoms with Crippen molar-refractivity contribution in [1.82, 2.24) is 5.32 Å². The Balaban J connectivity index is 2.06. The molecule has 94 valence electrons. The van der Waals surface area contributed by atoms with Gasteiger partial charge in [-0.05, 0) is 38.1 Å². The van der Waals surface area contributed by atoms with E-state index in [2.05, 4.69) is 5.32 Å². The Labute approximate surface area is 101 Å². The SMILES string of the molecule is CN(CC1(O)CCNCC1)c1ccccc1F. The van der Waals surface area contributed by atoms with E-state index in [9.17, 15) is 9.50 Å². The summed E-state index contributed by atoms with van der Waals surface area (Å²) in [5.74, 6) is -0.243. The van der Waals surface area contributed by atoms with Crippen molar-refractivity contribution in [3.8, 4) is 0 Å². The molecule has 1 heterocycles. The Bertz CT molecular complexity index is 377. The number of hydrogen-bond donors (Lipinski definition) is 2. The van der Waals surface area contributed by atoms with Gasteiger partial charge in [0.1, 0.15) is 5.82 Å². The van der Waals surface area contributed by atoms with Gasteiger partial charge in [0.25, 0.3) is 0 Å². The molecule has 1 fully saturated rings. The van der Waals surface area contributed by atoms with Crippen LogP contribution in [-0.2, 0) is 0 Å². The van der Waals surface area contributed by atoms with Crippen molar-refractivity contribution in [1.29, 1.82) is 0 Å². The van der Waals surface area contributed by atoms with Gasteiger partial charge in [-0.25, -0.2) is 4.39 Å². The molecular formula is C13H19FN2O. The van der Waals surface area contributed by atoms with E-state index >= 15 is 0 Å². The minimum Gasteiger partial charge on any atom is -0.388 e. The monoisotopic (exact) mass is 238 g/mol. The van der Waals surface area contributed by atoms with Gasteiger partial charge in [-0.1, -0.05) is 12.1 Å². The van der Waals surface area contributed by atoms with Crippen LogP contribution in [0, 0.1) is 5.82 Å². The number of piperidine rings is 1. The molecule has 0 bridgehead atoms. The number of likely N-dealkylation sites (N-methyl/N-ethyl adjacent to an activating group) is 1. The third kappa shape index (κ3) is 2.96. The Hall–Kier alpha value is -1.13. The van der Waals surface area contributed by atoms with Gasteiger partial charge in [-0.2, -0.15) is 0 Å². The number of rotatable bonds is 3. The van der Waals surface area contributed by atoms with Gasteiger partial charge in [0.2, 0.25) is 0 Å². The van der Waals surface area contributed by atoms with E-state index in [1.165, 1.54) is 6.07 Å². The maximum Gasteiger partial charge on any atom is 0.146 e. The summed E-state index contributed by atoms with van der Waals surface area (Å²) in [6.07, 6.45) is 1.43. The lowest BCUT2D eigenvalue weighted by atomic mass is 9.92. The molecule has 2 rings (SSSR count). The van der Waals surface area contributed by atoms with Gasteiger partial charge in [-0.3, -0.25) is 0 Å². The first-order valence-corrected chi connectivity index (χ1v) is 5.99. The van der Waals surface area contributed by atoms with E-state index < -0.39 is 5.60 Å². The van der Waals surface area contributed by atoms with Crippen LogP contribution in [0.3, 0.4) is 0 Å². The summed E-state index contributed by atoms with van der Waals surface area (Å²) in [7, 11) is 1.82. The molecule has 2 N–H and O–H groups in total. The molecule has 4 heteroatoms. The molecule has 1 aliphatic rings. The number of aliphatic hydroxyl groups is 1. The number of nitrogens with zero attached hydrogens (tertiary/aromatic N) is 1. The normalized spacial score (nSPS) is 19.0. The molecule has 0 atom stereocenters. The maximum absolute atomic E-state index is 13.6. The zero-order chi connectivity index (χ0) is 12.3. The first-order chi connectivity index (χ1) is 8.11. The van der Waals surface area contributed by atoms with Crippen LogP contribution in [0.2, 0.25) is 0 Å². The first-order valence-electron chi connectivity index (χ1n) is 5.99. The number of halogens is 1. The van der Waals surface area contributed by atoms with Gasteiger partial charge in [0.05, 0.1) is 11.3 Å². The molecule has 1 aromatic rings. The van der Waals surface area contributed by atoms with Crippen LogP contribution >= 0.6 is 0 Å². The standard InChI is InChI=1S/C13H19FN2O/c1-16(12-5-3-2-4-11(12)14)10-13(17)6-8-15-9-7-13/h2-5,15,17H,6-10H2,1H3. The summed E-state index contributed by atoms with van der Waals surface area (Å²) in [5.41, 5.74) is -0.165. The predicted molar refractivity (Wildman–Crippen MR) is 66.7 cm³/mol. The molecule has 1 aromatic carbocycles. The molecule has 1 saturated heterocycles. The molecule has 3 nitrogen and oxygen atoms in total. The van der Waals surface area contributed by atoms with Crippen LogP contribution in [0.1, 0.15) is 12.8 Å². The third-order valence-corrected chi connectivity index (χ3v) is 3.33. The molecule has 17 heavy (non-hydrogen) atoms. The average molecular weight is 238 g/mol. The Morgan fingerprint density at radius 2 is 2.00 bits per heavy atom. The fourth-order valence-electron chi connectivity index (χ4n) is 2.34. The first kappa shape index (κ1) is 12.3. The fourth-order valence-corrected chi connectivity index (χ4v) is 2.34. The highest BCUT2D eigenvalue weighted by atomic mass is 19.1. The number of anilines is 1. The minimum absolute atomic E-state index is 0.243. The second-order valence-corrected chi connectivity index (χ2v) is 4.78. The van der Waals surface area contributed by atoms with Crippen molar-refractivity contribution in [2.45, 2.75) is 18.4 Å². The molecule has 0 radical (unpaired) electrons. The Morgan fingerprint density at radius 3 is 2.65 bits per heavy atom. The van der Waals surface area contributed by atoms with E-state index in [1.54, 1.807) is 23.1 Å². The number of nitrogens with one attached hydrogen (secondary N) is 1. The van der Waals surface area contributed by atoms with Crippen LogP contribution in [0.4, 0.5) is 10.1 Å². The zero-order valence-electron chi connectivity index (χ0n) is 10.1. The average Bonchev–Trinajstić information content (AvgIpc) is 2.29. The van der Waals surface area contributed by atoms with Gasteiger partial charge >= 0.3 is 0 Å². The largest absolute Gasteiger partial charge is 0.388 e. The second-order valence-electron chi connectivity index (χ2n) is 4.78. The number of para-hydroxylation sites is 1. The van der Waals surface area contributed by atoms with E-state index in [0.717, 1.165) is 13.1 Å². The summed E-state index contributed by atoms with van der Waals surface area (Å²) in [6.45, 7) is 2.11. The number of benzene rings is 1. The number of hydrogen-bond acceptors (Lipinski definition) is 3. The highest BCUT2D eigenvalue weighted by Crippen LogP contribution is 2.23. The summed E-state index contributed by atoms with van der Waals surface area (Å²) in [4.78, 5) is 1.79. The lowest BCUT2D eigenvalue weighted by molar-refractivity contribution is 0.0182. The Morgan fingerprint density at radius 1 is 1.35 bits per heavy atom. The van der Waals surface area contributed by atoms with Gasteiger partial charge in [0.15, 0.2) is 0 Å². The van der Waals surface area contributed by atoms with Crippen LogP contribution < -0.4 is 10.2 Å². The van der Waals surface area contributed by atoms with E-state index in [-0.39, 0.29) is 5.82 Å². The summed E-state index contributed by atoms with van der Waals surface area (Å²) in [5, 5.41) is 13.6. The highest BCUT2D eigenvalue weighted by Gasteiger charge is 2.30. The molecule has 0 spiro atoms. The summed E-state index contributed by atoms with van der Waals surface area (Å²) >= 11 is 0. The van der Waals surface area contributed by atoms with E-state index in [1.807, 2.05) is 7.05 Å². The molecule has 0 saturated carbocycles. The molecule has 1 aliphatic heterocycles. The topological polar surface area (TPSA) is 35.5 Å². The van der Waals surface area contributed by atoms with Crippen molar-refractivity contribution in [3.63, 3.8) is 0 Å². The Kier molecular flexibility index (Phi) is 3.64. The fraction of sp³-hybridized carbons (Fsp3) is 0.538. The summed E-state index contributed by atoms with van der Waals surface area (Å²) in [6, 6.07) is 6.66. The van der Waals surface area contributed by atoms with Crippen molar-refractivity contribution >= 4 is 5.69 Å². The van der Waals surface area contributed by atoms with Gasteiger partial charge in [-0.15, -0.1) is 0 Å². The van der Waals surface area contributed by atoms with Crippen LogP contribution in [0.15, 0.2) is 24.3 Å². The molecule has 0 unspecified atom stereocenters. The molecular weight excluding hydrogens is 219 g/mol.